The number of hydrogen-bond donors (Lipinski definition) is 3. The van der Waals surface area contributed by atoms with E-state index in [4.69, 9.17) is 0 Å². The van der Waals surface area contributed by atoms with E-state index in [0.717, 1.165) is 24.3 Å². The van der Waals surface area contributed by atoms with Gasteiger partial charge in [0.1, 0.15) is 0 Å². The fraction of sp³-hybridized carbons (Fsp3) is 0.160. The van der Waals surface area contributed by atoms with Crippen LogP contribution in [0.5, 0.6) is 0 Å². The molecular weight excluding hydrogens is 384 g/mol. The zero-order valence-corrected chi connectivity index (χ0v) is 17.8. The van der Waals surface area contributed by atoms with Crippen LogP contribution in [0.2, 0.25) is 0 Å². The Hall–Kier alpha value is -3.93. The Morgan fingerprint density at radius 3 is 1.58 bits per heavy atom. The molecule has 0 aliphatic carbocycles. The topological polar surface area (TPSA) is 74.8 Å². The van der Waals surface area contributed by atoms with Gasteiger partial charge in [0.2, 0.25) is 17.8 Å². The molecule has 1 heterocycles. The van der Waals surface area contributed by atoms with Crippen LogP contribution in [0.15, 0.2) is 78.9 Å². The van der Waals surface area contributed by atoms with Crippen LogP contribution in [0.25, 0.3) is 0 Å². The predicted molar refractivity (Wildman–Crippen MR) is 127 cm³/mol. The first-order valence-corrected chi connectivity index (χ1v) is 10.4. The van der Waals surface area contributed by atoms with Gasteiger partial charge in [-0.05, 0) is 50.1 Å². The predicted octanol–water partition coefficient (Wildman–Crippen LogP) is 5.63. The Balaban J connectivity index is 1.53. The fourth-order valence-corrected chi connectivity index (χ4v) is 3.06. The molecular formula is C25H26N6. The van der Waals surface area contributed by atoms with Crippen LogP contribution in [0.4, 0.5) is 29.2 Å². The molecule has 4 aromatic rings. The Labute approximate surface area is 182 Å². The van der Waals surface area contributed by atoms with Crippen molar-refractivity contribution in [2.45, 2.75) is 20.3 Å². The quantitative estimate of drug-likeness (QED) is 0.350. The van der Waals surface area contributed by atoms with Crippen LogP contribution in [-0.4, -0.2) is 21.5 Å². The summed E-state index contributed by atoms with van der Waals surface area (Å²) in [6.07, 6.45) is 0.883. The first-order valence-electron chi connectivity index (χ1n) is 10.4. The molecule has 0 unspecified atom stereocenters. The average Bonchev–Trinajstić information content (AvgIpc) is 2.78. The van der Waals surface area contributed by atoms with Crippen LogP contribution < -0.4 is 16.0 Å². The molecule has 0 fully saturated rings. The summed E-state index contributed by atoms with van der Waals surface area (Å²) in [7, 11) is 0. The lowest BCUT2D eigenvalue weighted by atomic mass is 10.1. The van der Waals surface area contributed by atoms with E-state index < -0.39 is 0 Å². The number of aryl methyl sites for hydroxylation is 2. The molecule has 1 aromatic heterocycles. The standard InChI is InChI=1S/C25H26N6/c1-18-8-12-21(13-9-18)27-24-29-23(26-17-16-20-6-4-3-5-7-20)30-25(31-24)28-22-14-10-19(2)11-15-22/h3-15H,16-17H2,1-2H3,(H3,26,27,28,29,30,31). The summed E-state index contributed by atoms with van der Waals surface area (Å²) >= 11 is 0. The van der Waals surface area contributed by atoms with Crippen molar-refractivity contribution in [1.29, 1.82) is 0 Å². The number of nitrogens with one attached hydrogen (secondary N) is 3. The Morgan fingerprint density at radius 1 is 0.581 bits per heavy atom. The third-order valence-electron chi connectivity index (χ3n) is 4.79. The van der Waals surface area contributed by atoms with Gasteiger partial charge in [0.25, 0.3) is 0 Å². The highest BCUT2D eigenvalue weighted by Crippen LogP contribution is 2.19. The molecule has 156 valence electrons. The molecule has 31 heavy (non-hydrogen) atoms. The second kappa shape index (κ2) is 9.71. The lowest BCUT2D eigenvalue weighted by Gasteiger charge is -2.12. The van der Waals surface area contributed by atoms with Gasteiger partial charge in [-0.25, -0.2) is 0 Å². The lowest BCUT2D eigenvalue weighted by molar-refractivity contribution is 0.968. The van der Waals surface area contributed by atoms with E-state index in [2.05, 4.69) is 56.9 Å². The minimum atomic E-state index is 0.482. The summed E-state index contributed by atoms with van der Waals surface area (Å²) in [5.41, 5.74) is 5.51. The van der Waals surface area contributed by atoms with Crippen molar-refractivity contribution < 1.29 is 0 Å². The van der Waals surface area contributed by atoms with E-state index in [0.29, 0.717) is 17.8 Å². The van der Waals surface area contributed by atoms with Crippen molar-refractivity contribution in [2.24, 2.45) is 0 Å². The van der Waals surface area contributed by atoms with E-state index in [1.807, 2.05) is 66.7 Å². The zero-order valence-electron chi connectivity index (χ0n) is 17.8. The molecule has 0 saturated heterocycles. The number of rotatable bonds is 8. The van der Waals surface area contributed by atoms with Gasteiger partial charge in [0.05, 0.1) is 0 Å². The van der Waals surface area contributed by atoms with Gasteiger partial charge < -0.3 is 16.0 Å². The highest BCUT2D eigenvalue weighted by atomic mass is 15.3. The zero-order chi connectivity index (χ0) is 21.5. The van der Waals surface area contributed by atoms with Gasteiger partial charge in [0.15, 0.2) is 0 Å². The molecule has 4 rings (SSSR count). The second-order valence-corrected chi connectivity index (χ2v) is 7.45. The molecule has 3 aromatic carbocycles. The van der Waals surface area contributed by atoms with Crippen molar-refractivity contribution in [1.82, 2.24) is 15.0 Å². The molecule has 0 amide bonds. The van der Waals surface area contributed by atoms with Crippen molar-refractivity contribution in [3.63, 3.8) is 0 Å². The van der Waals surface area contributed by atoms with Crippen molar-refractivity contribution in [3.05, 3.63) is 95.6 Å². The molecule has 0 atom stereocenters. The maximum absolute atomic E-state index is 4.55. The molecule has 0 spiro atoms. The molecule has 0 bridgehead atoms. The van der Waals surface area contributed by atoms with Gasteiger partial charge in [0, 0.05) is 17.9 Å². The summed E-state index contributed by atoms with van der Waals surface area (Å²) in [6, 6.07) is 26.6. The van der Waals surface area contributed by atoms with E-state index in [1.54, 1.807) is 0 Å². The van der Waals surface area contributed by atoms with Crippen LogP contribution in [-0.2, 0) is 6.42 Å². The number of aromatic nitrogens is 3. The molecule has 0 radical (unpaired) electrons. The lowest BCUT2D eigenvalue weighted by Crippen LogP contribution is -2.11. The monoisotopic (exact) mass is 410 g/mol. The van der Waals surface area contributed by atoms with Gasteiger partial charge in [-0.3, -0.25) is 0 Å². The molecule has 0 saturated carbocycles. The Bertz CT molecular complexity index is 1040. The second-order valence-electron chi connectivity index (χ2n) is 7.45. The Kier molecular flexibility index (Phi) is 6.38. The van der Waals surface area contributed by atoms with Gasteiger partial charge in [-0.1, -0.05) is 65.7 Å². The highest BCUT2D eigenvalue weighted by molar-refractivity contribution is 5.59. The molecule has 0 aliphatic rings. The first-order chi connectivity index (χ1) is 15.1. The number of hydrogen-bond acceptors (Lipinski definition) is 6. The van der Waals surface area contributed by atoms with Gasteiger partial charge in [-0.2, -0.15) is 15.0 Å². The largest absolute Gasteiger partial charge is 0.354 e. The fourth-order valence-electron chi connectivity index (χ4n) is 3.06. The minimum Gasteiger partial charge on any atom is -0.354 e. The third-order valence-corrected chi connectivity index (χ3v) is 4.79. The summed E-state index contributed by atoms with van der Waals surface area (Å²) in [5.74, 6) is 1.49. The molecule has 6 heteroatoms. The summed E-state index contributed by atoms with van der Waals surface area (Å²) in [5, 5.41) is 9.87. The first kappa shape index (κ1) is 20.3. The normalized spacial score (nSPS) is 10.5. The van der Waals surface area contributed by atoms with Crippen molar-refractivity contribution >= 4 is 29.2 Å². The SMILES string of the molecule is Cc1ccc(Nc2nc(NCCc3ccccc3)nc(Nc3ccc(C)cc3)n2)cc1. The van der Waals surface area contributed by atoms with E-state index in [1.165, 1.54) is 16.7 Å². The number of anilines is 5. The highest BCUT2D eigenvalue weighted by Gasteiger charge is 2.08. The molecule has 3 N–H and O–H groups in total. The smallest absolute Gasteiger partial charge is 0.233 e. The summed E-state index contributed by atoms with van der Waals surface area (Å²) < 4.78 is 0. The number of benzene rings is 3. The summed E-state index contributed by atoms with van der Waals surface area (Å²) in [4.78, 5) is 13.7. The average molecular weight is 411 g/mol. The molecule has 0 aliphatic heterocycles. The number of nitrogens with zero attached hydrogens (tertiary/aromatic N) is 3. The minimum absolute atomic E-state index is 0.482. The van der Waals surface area contributed by atoms with Crippen LogP contribution in [0.1, 0.15) is 16.7 Å². The Morgan fingerprint density at radius 2 is 1.06 bits per heavy atom. The molecule has 6 nitrogen and oxygen atoms in total. The summed E-state index contributed by atoms with van der Waals surface area (Å²) in [6.45, 7) is 4.85. The van der Waals surface area contributed by atoms with Crippen molar-refractivity contribution in [3.8, 4) is 0 Å². The maximum Gasteiger partial charge on any atom is 0.233 e. The van der Waals surface area contributed by atoms with Gasteiger partial charge >= 0.3 is 0 Å². The maximum atomic E-state index is 4.55. The third kappa shape index (κ3) is 6.02. The van der Waals surface area contributed by atoms with Gasteiger partial charge in [-0.15, -0.1) is 0 Å². The van der Waals surface area contributed by atoms with E-state index in [9.17, 15) is 0 Å². The van der Waals surface area contributed by atoms with Crippen molar-refractivity contribution in [2.75, 3.05) is 22.5 Å². The van der Waals surface area contributed by atoms with Crippen LogP contribution >= 0.6 is 0 Å². The van der Waals surface area contributed by atoms with Crippen LogP contribution in [0.3, 0.4) is 0 Å². The van der Waals surface area contributed by atoms with Crippen LogP contribution in [0, 0.1) is 13.8 Å². The van der Waals surface area contributed by atoms with E-state index >= 15 is 0 Å². The van der Waals surface area contributed by atoms with E-state index in [-0.39, 0.29) is 0 Å².